The van der Waals surface area contributed by atoms with Gasteiger partial charge in [-0.1, -0.05) is 19.3 Å². The van der Waals surface area contributed by atoms with Gasteiger partial charge in [-0.25, -0.2) is 0 Å². The van der Waals surface area contributed by atoms with Crippen molar-refractivity contribution in [1.82, 2.24) is 15.1 Å². The summed E-state index contributed by atoms with van der Waals surface area (Å²) in [6.45, 7) is 1.11. The summed E-state index contributed by atoms with van der Waals surface area (Å²) >= 11 is 0. The number of rotatable bonds is 3. The Morgan fingerprint density at radius 2 is 1.90 bits per heavy atom. The number of alkyl halides is 3. The number of fused-ring (bicyclic) bond motifs is 1. The Labute approximate surface area is 168 Å². The highest BCUT2D eigenvalue weighted by Gasteiger charge is 2.43. The average Bonchev–Trinajstić information content (AvgIpc) is 3.13. The van der Waals surface area contributed by atoms with Gasteiger partial charge < -0.3 is 15.1 Å². The molecule has 4 rings (SSSR count). The molecule has 0 aromatic heterocycles. The topological polar surface area (TPSA) is 65.0 Å². The highest BCUT2D eigenvalue weighted by Crippen LogP contribution is 2.40. The van der Waals surface area contributed by atoms with Crippen LogP contribution in [0.1, 0.15) is 51.4 Å². The summed E-state index contributed by atoms with van der Waals surface area (Å²) < 4.78 is 39.1. The van der Waals surface area contributed by atoms with E-state index in [0.717, 1.165) is 32.1 Å². The first kappa shape index (κ1) is 20.5. The third-order valence-electron chi connectivity index (χ3n) is 6.88. The van der Waals surface area contributed by atoms with Crippen molar-refractivity contribution >= 4 is 17.6 Å². The van der Waals surface area contributed by atoms with Crippen LogP contribution in [-0.4, -0.2) is 71.9 Å². The molecule has 0 bridgehead atoms. The standard InChI is InChI=1S/C20H29F3N4O2/c21-20(22,23)14-5-3-4-13(10-14)11-26-8-9-27(12-17(26)28)19(29)18-24-15-6-1-2-7-16(15)25-18/h13-16H,1-12H2,(H,24,25). The van der Waals surface area contributed by atoms with Crippen LogP contribution in [0.4, 0.5) is 13.2 Å². The molecular weight excluding hydrogens is 385 g/mol. The molecular formula is C20H29F3N4O2. The first-order valence-corrected chi connectivity index (χ1v) is 10.8. The molecule has 2 saturated carbocycles. The molecule has 0 aromatic carbocycles. The highest BCUT2D eigenvalue weighted by atomic mass is 19.4. The first-order chi connectivity index (χ1) is 13.8. The third-order valence-corrected chi connectivity index (χ3v) is 6.88. The fourth-order valence-corrected chi connectivity index (χ4v) is 5.22. The summed E-state index contributed by atoms with van der Waals surface area (Å²) in [6.07, 6.45) is 1.67. The van der Waals surface area contributed by atoms with Crippen LogP contribution in [0, 0.1) is 11.8 Å². The van der Waals surface area contributed by atoms with Gasteiger partial charge in [-0.15, -0.1) is 0 Å². The number of carbonyl (C=O) groups is 2. The summed E-state index contributed by atoms with van der Waals surface area (Å²) in [5.74, 6) is -1.43. The summed E-state index contributed by atoms with van der Waals surface area (Å²) in [4.78, 5) is 33.0. The van der Waals surface area contributed by atoms with E-state index in [2.05, 4.69) is 10.3 Å². The largest absolute Gasteiger partial charge is 0.391 e. The van der Waals surface area contributed by atoms with Crippen molar-refractivity contribution in [2.45, 2.75) is 69.6 Å². The van der Waals surface area contributed by atoms with E-state index in [1.165, 1.54) is 4.90 Å². The number of nitrogens with zero attached hydrogens (tertiary/aromatic N) is 3. The van der Waals surface area contributed by atoms with Crippen molar-refractivity contribution in [3.63, 3.8) is 0 Å². The Bertz CT molecular complexity index is 681. The Hall–Kier alpha value is -1.80. The summed E-state index contributed by atoms with van der Waals surface area (Å²) in [5, 5.41) is 3.23. The van der Waals surface area contributed by atoms with Crippen LogP contribution < -0.4 is 5.32 Å². The predicted molar refractivity (Wildman–Crippen MR) is 101 cm³/mol. The van der Waals surface area contributed by atoms with Crippen LogP contribution in [-0.2, 0) is 9.59 Å². The average molecular weight is 414 g/mol. The monoisotopic (exact) mass is 414 g/mol. The quantitative estimate of drug-likeness (QED) is 0.771. The van der Waals surface area contributed by atoms with Gasteiger partial charge in [-0.3, -0.25) is 14.6 Å². The van der Waals surface area contributed by atoms with Crippen molar-refractivity contribution in [3.05, 3.63) is 0 Å². The third kappa shape index (κ3) is 4.53. The Kier molecular flexibility index (Phi) is 5.75. The zero-order valence-electron chi connectivity index (χ0n) is 16.6. The zero-order chi connectivity index (χ0) is 20.6. The van der Waals surface area contributed by atoms with Gasteiger partial charge in [0, 0.05) is 19.6 Å². The Balaban J connectivity index is 1.29. The number of amides is 2. The van der Waals surface area contributed by atoms with Crippen LogP contribution in [0.15, 0.2) is 4.99 Å². The molecule has 3 fully saturated rings. The van der Waals surface area contributed by atoms with Crippen molar-refractivity contribution in [3.8, 4) is 0 Å². The molecule has 6 nitrogen and oxygen atoms in total. The second kappa shape index (κ2) is 8.14. The van der Waals surface area contributed by atoms with E-state index < -0.39 is 12.1 Å². The van der Waals surface area contributed by atoms with Gasteiger partial charge in [-0.2, -0.15) is 13.2 Å². The number of halogens is 3. The SMILES string of the molecule is O=C1CN(C(=O)C2=NC3CCCCC3N2)CCN1CC1CCCC(C(F)(F)F)C1. The van der Waals surface area contributed by atoms with Gasteiger partial charge in [0.1, 0.15) is 6.54 Å². The summed E-state index contributed by atoms with van der Waals surface area (Å²) in [5.41, 5.74) is 0. The van der Waals surface area contributed by atoms with Gasteiger partial charge >= 0.3 is 6.18 Å². The van der Waals surface area contributed by atoms with E-state index in [4.69, 9.17) is 0 Å². The van der Waals surface area contributed by atoms with Gasteiger partial charge in [0.2, 0.25) is 5.91 Å². The highest BCUT2D eigenvalue weighted by molar-refractivity contribution is 6.38. The minimum Gasteiger partial charge on any atom is -0.361 e. The van der Waals surface area contributed by atoms with Crippen molar-refractivity contribution in [2.75, 3.05) is 26.2 Å². The van der Waals surface area contributed by atoms with Crippen LogP contribution in [0.25, 0.3) is 0 Å². The lowest BCUT2D eigenvalue weighted by Crippen LogP contribution is -2.56. The summed E-state index contributed by atoms with van der Waals surface area (Å²) in [7, 11) is 0. The van der Waals surface area contributed by atoms with Crippen molar-refractivity contribution < 1.29 is 22.8 Å². The maximum absolute atomic E-state index is 13.0. The molecule has 29 heavy (non-hydrogen) atoms. The second-order valence-corrected chi connectivity index (χ2v) is 8.92. The number of piperazine rings is 1. The van der Waals surface area contributed by atoms with Crippen molar-refractivity contribution in [2.24, 2.45) is 16.8 Å². The lowest BCUT2D eigenvalue weighted by molar-refractivity contribution is -0.186. The smallest absolute Gasteiger partial charge is 0.361 e. The molecule has 2 amide bonds. The fraction of sp³-hybridized carbons (Fsp3) is 0.850. The molecule has 0 aromatic rings. The fourth-order valence-electron chi connectivity index (χ4n) is 5.22. The summed E-state index contributed by atoms with van der Waals surface area (Å²) in [6, 6.07) is 0.389. The molecule has 4 aliphatic rings. The van der Waals surface area contributed by atoms with Gasteiger partial charge in [0.25, 0.3) is 5.91 Å². The molecule has 9 heteroatoms. The zero-order valence-corrected chi connectivity index (χ0v) is 16.6. The number of hydrogen-bond donors (Lipinski definition) is 1. The Morgan fingerprint density at radius 3 is 2.62 bits per heavy atom. The normalized spacial score (nSPS) is 33.2. The molecule has 2 aliphatic carbocycles. The molecule has 2 aliphatic heterocycles. The maximum Gasteiger partial charge on any atom is 0.391 e. The number of nitrogens with one attached hydrogen (secondary N) is 1. The molecule has 4 unspecified atom stereocenters. The van der Waals surface area contributed by atoms with Crippen LogP contribution in [0.5, 0.6) is 0 Å². The van der Waals surface area contributed by atoms with Crippen LogP contribution >= 0.6 is 0 Å². The van der Waals surface area contributed by atoms with E-state index in [1.807, 2.05) is 0 Å². The molecule has 0 spiro atoms. The molecule has 162 valence electrons. The van der Waals surface area contributed by atoms with E-state index in [1.54, 1.807) is 4.90 Å². The first-order valence-electron chi connectivity index (χ1n) is 10.8. The van der Waals surface area contributed by atoms with Gasteiger partial charge in [0.15, 0.2) is 5.84 Å². The molecule has 4 atom stereocenters. The molecule has 0 radical (unpaired) electrons. The van der Waals surface area contributed by atoms with E-state index >= 15 is 0 Å². The molecule has 1 saturated heterocycles. The van der Waals surface area contributed by atoms with Crippen LogP contribution in [0.2, 0.25) is 0 Å². The lowest BCUT2D eigenvalue weighted by atomic mass is 9.80. The number of carbonyl (C=O) groups excluding carboxylic acids is 2. The minimum absolute atomic E-state index is 0.0235. The number of aliphatic imine (C=N–C) groups is 1. The lowest BCUT2D eigenvalue weighted by Gasteiger charge is -2.38. The van der Waals surface area contributed by atoms with E-state index in [-0.39, 0.29) is 49.2 Å². The number of hydrogen-bond acceptors (Lipinski definition) is 4. The Morgan fingerprint density at radius 1 is 1.10 bits per heavy atom. The molecule has 1 N–H and O–H groups in total. The number of amidine groups is 1. The minimum atomic E-state index is -4.15. The van der Waals surface area contributed by atoms with Crippen molar-refractivity contribution in [1.29, 1.82) is 0 Å². The van der Waals surface area contributed by atoms with E-state index in [9.17, 15) is 22.8 Å². The van der Waals surface area contributed by atoms with E-state index in [0.29, 0.717) is 31.9 Å². The van der Waals surface area contributed by atoms with Crippen LogP contribution in [0.3, 0.4) is 0 Å². The second-order valence-electron chi connectivity index (χ2n) is 8.92. The van der Waals surface area contributed by atoms with Gasteiger partial charge in [0.05, 0.1) is 18.0 Å². The molecule has 2 heterocycles. The maximum atomic E-state index is 13.0. The van der Waals surface area contributed by atoms with Gasteiger partial charge in [-0.05, 0) is 38.0 Å². The predicted octanol–water partition coefficient (Wildman–Crippen LogP) is 2.34.